The van der Waals surface area contributed by atoms with E-state index in [1.807, 2.05) is 0 Å². The quantitative estimate of drug-likeness (QED) is 0.333. The molecule has 0 unspecified atom stereocenters. The van der Waals surface area contributed by atoms with Crippen LogP contribution in [0.5, 0.6) is 0 Å². The monoisotopic (exact) mass is 487 g/mol. The SMILES string of the molecule is COC(=O)[C@@H](NC(=O)[C@H](CSSc1ccc(C(=O)O)cn1)NC(=O)OC(C)(C)C)C(C)C. The molecule has 0 aliphatic carbocycles. The number of aromatic nitrogens is 1. The van der Waals surface area contributed by atoms with Gasteiger partial charge in [-0.15, -0.1) is 0 Å². The van der Waals surface area contributed by atoms with Crippen LogP contribution in [0.3, 0.4) is 0 Å². The molecular weight excluding hydrogens is 458 g/mol. The smallest absolute Gasteiger partial charge is 0.408 e. The molecule has 0 saturated heterocycles. The van der Waals surface area contributed by atoms with E-state index in [2.05, 4.69) is 15.6 Å². The summed E-state index contributed by atoms with van der Waals surface area (Å²) in [6, 6.07) is 1.08. The number of nitrogens with one attached hydrogen (secondary N) is 2. The van der Waals surface area contributed by atoms with Crippen LogP contribution in [0.2, 0.25) is 0 Å². The van der Waals surface area contributed by atoms with Gasteiger partial charge < -0.3 is 25.2 Å². The first-order chi connectivity index (χ1) is 14.8. The number of carboxylic acid groups (broad SMARTS) is 1. The van der Waals surface area contributed by atoms with Gasteiger partial charge in [0.05, 0.1) is 12.7 Å². The number of hydrogen-bond donors (Lipinski definition) is 3. The number of amides is 2. The second-order valence-electron chi connectivity index (χ2n) is 8.01. The zero-order chi connectivity index (χ0) is 24.5. The first kappa shape index (κ1) is 27.6. The van der Waals surface area contributed by atoms with Crippen molar-refractivity contribution in [2.24, 2.45) is 5.92 Å². The zero-order valence-electron chi connectivity index (χ0n) is 18.8. The summed E-state index contributed by atoms with van der Waals surface area (Å²) >= 11 is 0. The van der Waals surface area contributed by atoms with Crippen molar-refractivity contribution in [3.63, 3.8) is 0 Å². The number of pyridine rings is 1. The molecule has 0 spiro atoms. The molecule has 1 rings (SSSR count). The van der Waals surface area contributed by atoms with E-state index in [1.54, 1.807) is 40.7 Å². The number of nitrogens with zero attached hydrogens (tertiary/aromatic N) is 1. The van der Waals surface area contributed by atoms with E-state index in [-0.39, 0.29) is 17.2 Å². The topological polar surface area (TPSA) is 144 Å². The van der Waals surface area contributed by atoms with Gasteiger partial charge in [-0.05, 0) is 49.6 Å². The lowest BCUT2D eigenvalue weighted by Gasteiger charge is -2.25. The van der Waals surface area contributed by atoms with Crippen molar-refractivity contribution in [2.75, 3.05) is 12.9 Å². The Balaban J connectivity index is 2.86. The van der Waals surface area contributed by atoms with Crippen LogP contribution >= 0.6 is 21.6 Å². The average Bonchev–Trinajstić information content (AvgIpc) is 2.69. The number of ether oxygens (including phenoxy) is 2. The van der Waals surface area contributed by atoms with Crippen LogP contribution in [0.15, 0.2) is 23.4 Å². The molecule has 12 heteroatoms. The summed E-state index contributed by atoms with van der Waals surface area (Å²) < 4.78 is 9.98. The van der Waals surface area contributed by atoms with E-state index in [0.717, 1.165) is 0 Å². The molecule has 0 radical (unpaired) electrons. The van der Waals surface area contributed by atoms with Gasteiger partial charge in [-0.2, -0.15) is 0 Å². The molecule has 0 aliphatic rings. The number of alkyl carbamates (subject to hydrolysis) is 1. The highest BCUT2D eigenvalue weighted by Gasteiger charge is 2.30. The lowest BCUT2D eigenvalue weighted by molar-refractivity contribution is -0.146. The van der Waals surface area contributed by atoms with Gasteiger partial charge in [0.15, 0.2) is 0 Å². The lowest BCUT2D eigenvalue weighted by atomic mass is 10.0. The molecular formula is C20H29N3O7S2. The first-order valence-corrected chi connectivity index (χ1v) is 12.0. The standard InChI is InChI=1S/C20H29N3O7S2/c1-11(2)15(18(27)29-6)23-16(24)13(22-19(28)30-20(3,4)5)10-31-32-14-8-7-12(9-21-14)17(25)26/h7-9,11,13,15H,10H2,1-6H3,(H,22,28)(H,23,24)(H,25,26)/t13-,15-/m0/s1. The van der Waals surface area contributed by atoms with Gasteiger partial charge in [0, 0.05) is 11.9 Å². The minimum atomic E-state index is -1.08. The van der Waals surface area contributed by atoms with Crippen molar-refractivity contribution in [2.45, 2.75) is 57.3 Å². The minimum Gasteiger partial charge on any atom is -0.478 e. The van der Waals surface area contributed by atoms with E-state index in [9.17, 15) is 19.2 Å². The van der Waals surface area contributed by atoms with Gasteiger partial charge >= 0.3 is 18.0 Å². The molecule has 0 aromatic carbocycles. The van der Waals surface area contributed by atoms with E-state index in [1.165, 1.54) is 41.0 Å². The minimum absolute atomic E-state index is 0.0609. The van der Waals surface area contributed by atoms with Crippen molar-refractivity contribution < 1.29 is 33.8 Å². The van der Waals surface area contributed by atoms with Gasteiger partial charge in [0.1, 0.15) is 22.7 Å². The summed E-state index contributed by atoms with van der Waals surface area (Å²) in [6.45, 7) is 8.62. The van der Waals surface area contributed by atoms with Crippen LogP contribution in [0.1, 0.15) is 45.0 Å². The Kier molecular flexibility index (Phi) is 10.8. The highest BCUT2D eigenvalue weighted by Crippen LogP contribution is 2.30. The van der Waals surface area contributed by atoms with Gasteiger partial charge in [0.2, 0.25) is 5.91 Å². The Hall–Kier alpha value is -2.47. The van der Waals surface area contributed by atoms with Crippen molar-refractivity contribution in [1.29, 1.82) is 0 Å². The highest BCUT2D eigenvalue weighted by atomic mass is 33.1. The second-order valence-corrected chi connectivity index (χ2v) is 10.4. The normalized spacial score (nSPS) is 13.1. The molecule has 0 saturated carbocycles. The lowest BCUT2D eigenvalue weighted by Crippen LogP contribution is -2.54. The van der Waals surface area contributed by atoms with Crippen LogP contribution in [-0.4, -0.2) is 64.6 Å². The molecule has 1 aromatic heterocycles. The van der Waals surface area contributed by atoms with Crippen LogP contribution in [0, 0.1) is 5.92 Å². The Morgan fingerprint density at radius 2 is 1.81 bits per heavy atom. The summed E-state index contributed by atoms with van der Waals surface area (Å²) in [6.07, 6.45) is 0.462. The third kappa shape index (κ3) is 9.77. The molecule has 0 fully saturated rings. The number of carbonyl (C=O) groups excluding carboxylic acids is 3. The maximum atomic E-state index is 12.8. The molecule has 2 amide bonds. The Morgan fingerprint density at radius 1 is 1.16 bits per heavy atom. The van der Waals surface area contributed by atoms with Gasteiger partial charge in [-0.1, -0.05) is 24.6 Å². The molecule has 1 aromatic rings. The third-order valence-corrected chi connectivity index (χ3v) is 6.06. The molecule has 3 N–H and O–H groups in total. The predicted octanol–water partition coefficient (Wildman–Crippen LogP) is 2.73. The summed E-state index contributed by atoms with van der Waals surface area (Å²) in [5.41, 5.74) is -0.694. The van der Waals surface area contributed by atoms with Crippen molar-refractivity contribution in [1.82, 2.24) is 15.6 Å². The molecule has 10 nitrogen and oxygen atoms in total. The fourth-order valence-electron chi connectivity index (χ4n) is 2.23. The number of carbonyl (C=O) groups is 4. The van der Waals surface area contributed by atoms with Crippen LogP contribution in [0.4, 0.5) is 4.79 Å². The summed E-state index contributed by atoms with van der Waals surface area (Å²) in [5.74, 6) is -2.33. The maximum Gasteiger partial charge on any atom is 0.408 e. The van der Waals surface area contributed by atoms with Crippen LogP contribution < -0.4 is 10.6 Å². The summed E-state index contributed by atoms with van der Waals surface area (Å²) in [5, 5.41) is 14.6. The third-order valence-electron chi connectivity index (χ3n) is 3.79. The fourth-order valence-corrected chi connectivity index (χ4v) is 4.28. The Morgan fingerprint density at radius 3 is 2.28 bits per heavy atom. The molecule has 1 heterocycles. The summed E-state index contributed by atoms with van der Waals surface area (Å²) in [4.78, 5) is 52.0. The number of rotatable bonds is 10. The number of esters is 1. The van der Waals surface area contributed by atoms with Gasteiger partial charge in [0.25, 0.3) is 0 Å². The highest BCUT2D eigenvalue weighted by molar-refractivity contribution is 8.76. The van der Waals surface area contributed by atoms with E-state index in [0.29, 0.717) is 5.03 Å². The number of methoxy groups -OCH3 is 1. The van der Waals surface area contributed by atoms with Crippen molar-refractivity contribution in [3.05, 3.63) is 23.9 Å². The Bertz CT molecular complexity index is 810. The number of hydrogen-bond acceptors (Lipinski definition) is 9. The molecule has 32 heavy (non-hydrogen) atoms. The zero-order valence-corrected chi connectivity index (χ0v) is 20.5. The largest absolute Gasteiger partial charge is 0.478 e. The molecule has 0 aliphatic heterocycles. The Labute approximate surface area is 195 Å². The van der Waals surface area contributed by atoms with E-state index < -0.39 is 41.6 Å². The second kappa shape index (κ2) is 12.5. The summed E-state index contributed by atoms with van der Waals surface area (Å²) in [7, 11) is 3.67. The average molecular weight is 488 g/mol. The van der Waals surface area contributed by atoms with Crippen molar-refractivity contribution >= 4 is 45.5 Å². The molecule has 2 atom stereocenters. The first-order valence-electron chi connectivity index (χ1n) is 9.70. The van der Waals surface area contributed by atoms with Crippen LogP contribution in [0.25, 0.3) is 0 Å². The van der Waals surface area contributed by atoms with Crippen LogP contribution in [-0.2, 0) is 19.1 Å². The fraction of sp³-hybridized carbons (Fsp3) is 0.550. The number of aromatic carboxylic acids is 1. The predicted molar refractivity (Wildman–Crippen MR) is 121 cm³/mol. The molecule has 178 valence electrons. The van der Waals surface area contributed by atoms with Gasteiger partial charge in [-0.25, -0.2) is 19.4 Å². The number of carboxylic acids is 1. The maximum absolute atomic E-state index is 12.8. The van der Waals surface area contributed by atoms with E-state index >= 15 is 0 Å². The molecule has 0 bridgehead atoms. The van der Waals surface area contributed by atoms with Crippen molar-refractivity contribution in [3.8, 4) is 0 Å². The van der Waals surface area contributed by atoms with E-state index in [4.69, 9.17) is 14.6 Å². The van der Waals surface area contributed by atoms with Gasteiger partial charge in [-0.3, -0.25) is 4.79 Å².